The van der Waals surface area contributed by atoms with Crippen molar-refractivity contribution in [3.05, 3.63) is 0 Å². The van der Waals surface area contributed by atoms with Crippen LogP contribution in [-0.2, 0) is 14.4 Å². The van der Waals surface area contributed by atoms with Gasteiger partial charge in [0.15, 0.2) is 0 Å². The van der Waals surface area contributed by atoms with E-state index in [1.54, 1.807) is 9.80 Å². The normalized spacial score (nSPS) is 27.0. The van der Waals surface area contributed by atoms with Crippen molar-refractivity contribution in [2.45, 2.75) is 26.3 Å². The van der Waals surface area contributed by atoms with Crippen molar-refractivity contribution in [3.63, 3.8) is 0 Å². The molecule has 2 fully saturated rings. The number of likely N-dealkylation sites (tertiary alicyclic amines) is 1. The summed E-state index contributed by atoms with van der Waals surface area (Å²) in [7, 11) is 0. The van der Waals surface area contributed by atoms with E-state index in [0.717, 1.165) is 0 Å². The molecule has 1 N–H and O–H groups in total. The lowest BCUT2D eigenvalue weighted by atomic mass is 10.0. The molecule has 118 valence electrons. The van der Waals surface area contributed by atoms with Gasteiger partial charge in [0.2, 0.25) is 11.8 Å². The summed E-state index contributed by atoms with van der Waals surface area (Å²) < 4.78 is 0. The number of amides is 2. The van der Waals surface area contributed by atoms with Gasteiger partial charge in [0, 0.05) is 39.1 Å². The molecule has 2 aliphatic heterocycles. The first kappa shape index (κ1) is 15.8. The second kappa shape index (κ2) is 6.43. The van der Waals surface area contributed by atoms with Crippen LogP contribution in [0, 0.1) is 5.92 Å². The number of carbonyl (C=O) groups excluding carboxylic acids is 2. The minimum Gasteiger partial charge on any atom is -0.481 e. The van der Waals surface area contributed by atoms with Crippen molar-refractivity contribution in [1.29, 1.82) is 0 Å². The average Bonchev–Trinajstić information content (AvgIpc) is 2.80. The van der Waals surface area contributed by atoms with E-state index in [2.05, 4.69) is 0 Å². The third kappa shape index (κ3) is 3.53. The third-order valence-electron chi connectivity index (χ3n) is 4.62. The highest BCUT2D eigenvalue weighted by molar-refractivity contribution is 5.79. The zero-order valence-electron chi connectivity index (χ0n) is 12.6. The van der Waals surface area contributed by atoms with Crippen molar-refractivity contribution in [2.75, 3.05) is 39.3 Å². The number of nitrogens with zero attached hydrogens (tertiary/aromatic N) is 3. The van der Waals surface area contributed by atoms with E-state index in [4.69, 9.17) is 5.11 Å². The number of aliphatic carboxylic acids is 1. The highest BCUT2D eigenvalue weighted by Crippen LogP contribution is 2.24. The molecule has 0 aromatic rings. The minimum absolute atomic E-state index is 0.0242. The van der Waals surface area contributed by atoms with Gasteiger partial charge in [-0.1, -0.05) is 0 Å². The number of hydrogen-bond acceptors (Lipinski definition) is 4. The van der Waals surface area contributed by atoms with E-state index >= 15 is 0 Å². The summed E-state index contributed by atoms with van der Waals surface area (Å²) in [5, 5.41) is 9.11. The van der Waals surface area contributed by atoms with Crippen LogP contribution in [0.5, 0.6) is 0 Å². The molecule has 0 spiro atoms. The number of carbonyl (C=O) groups is 3. The fraction of sp³-hybridized carbons (Fsp3) is 0.786. The van der Waals surface area contributed by atoms with Crippen LogP contribution in [0.25, 0.3) is 0 Å². The monoisotopic (exact) mass is 297 g/mol. The van der Waals surface area contributed by atoms with Crippen LogP contribution in [0.15, 0.2) is 0 Å². The summed E-state index contributed by atoms with van der Waals surface area (Å²) >= 11 is 0. The molecule has 2 saturated heterocycles. The molecule has 7 heteroatoms. The van der Waals surface area contributed by atoms with E-state index < -0.39 is 5.97 Å². The molecule has 0 radical (unpaired) electrons. The van der Waals surface area contributed by atoms with Gasteiger partial charge in [-0.2, -0.15) is 0 Å². The molecule has 0 aromatic carbocycles. The van der Waals surface area contributed by atoms with Crippen molar-refractivity contribution < 1.29 is 19.5 Å². The summed E-state index contributed by atoms with van der Waals surface area (Å²) in [5.74, 6) is -1.10. The molecule has 0 aliphatic carbocycles. The zero-order chi connectivity index (χ0) is 15.6. The molecular formula is C14H23N3O4. The molecular weight excluding hydrogens is 274 g/mol. The minimum atomic E-state index is -0.785. The SMILES string of the molecule is CC(=O)N1CCN(C(=O)CN2CCC(C(=O)O)C2C)CC1. The van der Waals surface area contributed by atoms with E-state index in [-0.39, 0.29) is 30.3 Å². The Kier molecular flexibility index (Phi) is 4.82. The molecule has 2 aliphatic rings. The molecule has 2 heterocycles. The van der Waals surface area contributed by atoms with Crippen LogP contribution < -0.4 is 0 Å². The van der Waals surface area contributed by atoms with Gasteiger partial charge in [-0.15, -0.1) is 0 Å². The summed E-state index contributed by atoms with van der Waals surface area (Å²) in [6, 6.07) is -0.107. The molecule has 0 saturated carbocycles. The van der Waals surface area contributed by atoms with Gasteiger partial charge in [-0.25, -0.2) is 0 Å². The standard InChI is InChI=1S/C14H23N3O4/c1-10-12(14(20)21)3-4-17(10)9-13(19)16-7-5-15(6-8-16)11(2)18/h10,12H,3-9H2,1-2H3,(H,20,21). The molecule has 2 amide bonds. The number of rotatable bonds is 3. The lowest BCUT2D eigenvalue weighted by molar-refractivity contribution is -0.143. The van der Waals surface area contributed by atoms with Crippen molar-refractivity contribution >= 4 is 17.8 Å². The Hall–Kier alpha value is -1.63. The van der Waals surface area contributed by atoms with Gasteiger partial charge in [0.05, 0.1) is 12.5 Å². The third-order valence-corrected chi connectivity index (χ3v) is 4.62. The van der Waals surface area contributed by atoms with E-state index in [1.165, 1.54) is 6.92 Å². The predicted molar refractivity (Wildman–Crippen MR) is 75.6 cm³/mol. The second-order valence-corrected chi connectivity index (χ2v) is 5.83. The fourth-order valence-corrected chi connectivity index (χ4v) is 3.10. The number of carboxylic acids is 1. The van der Waals surface area contributed by atoms with E-state index in [1.807, 2.05) is 11.8 Å². The Labute approximate surface area is 124 Å². The van der Waals surface area contributed by atoms with Crippen LogP contribution in [-0.4, -0.2) is 82.9 Å². The Balaban J connectivity index is 1.83. The van der Waals surface area contributed by atoms with Gasteiger partial charge in [-0.3, -0.25) is 19.3 Å². The van der Waals surface area contributed by atoms with Gasteiger partial charge in [0.1, 0.15) is 0 Å². The van der Waals surface area contributed by atoms with Gasteiger partial charge in [-0.05, 0) is 19.9 Å². The maximum absolute atomic E-state index is 12.3. The highest BCUT2D eigenvalue weighted by atomic mass is 16.4. The molecule has 2 unspecified atom stereocenters. The number of piperazine rings is 1. The van der Waals surface area contributed by atoms with Crippen molar-refractivity contribution in [3.8, 4) is 0 Å². The van der Waals surface area contributed by atoms with Crippen LogP contribution in [0.4, 0.5) is 0 Å². The molecule has 2 atom stereocenters. The number of hydrogen-bond donors (Lipinski definition) is 1. The van der Waals surface area contributed by atoms with Gasteiger partial charge >= 0.3 is 5.97 Å². The molecule has 7 nitrogen and oxygen atoms in total. The van der Waals surface area contributed by atoms with Crippen molar-refractivity contribution in [1.82, 2.24) is 14.7 Å². The molecule has 0 bridgehead atoms. The smallest absolute Gasteiger partial charge is 0.308 e. The maximum atomic E-state index is 12.3. The quantitative estimate of drug-likeness (QED) is 0.757. The Morgan fingerprint density at radius 2 is 1.62 bits per heavy atom. The average molecular weight is 297 g/mol. The van der Waals surface area contributed by atoms with Crippen LogP contribution >= 0.6 is 0 Å². The fourth-order valence-electron chi connectivity index (χ4n) is 3.10. The number of carboxylic acid groups (broad SMARTS) is 1. The van der Waals surface area contributed by atoms with E-state index in [9.17, 15) is 14.4 Å². The Morgan fingerprint density at radius 3 is 2.10 bits per heavy atom. The Bertz CT molecular complexity index is 432. The first-order valence-electron chi connectivity index (χ1n) is 7.40. The second-order valence-electron chi connectivity index (χ2n) is 5.83. The lowest BCUT2D eigenvalue weighted by Gasteiger charge is -2.35. The van der Waals surface area contributed by atoms with Gasteiger partial charge < -0.3 is 14.9 Å². The first-order valence-corrected chi connectivity index (χ1v) is 7.40. The van der Waals surface area contributed by atoms with Gasteiger partial charge in [0.25, 0.3) is 0 Å². The molecule has 21 heavy (non-hydrogen) atoms. The van der Waals surface area contributed by atoms with Crippen LogP contribution in [0.2, 0.25) is 0 Å². The zero-order valence-corrected chi connectivity index (χ0v) is 12.6. The topological polar surface area (TPSA) is 81.2 Å². The summed E-state index contributed by atoms with van der Waals surface area (Å²) in [4.78, 5) is 40.1. The largest absolute Gasteiger partial charge is 0.481 e. The lowest BCUT2D eigenvalue weighted by Crippen LogP contribution is -2.52. The van der Waals surface area contributed by atoms with Crippen molar-refractivity contribution in [2.24, 2.45) is 5.92 Å². The first-order chi connectivity index (χ1) is 9.90. The summed E-state index contributed by atoms with van der Waals surface area (Å²) in [5.41, 5.74) is 0. The summed E-state index contributed by atoms with van der Waals surface area (Å²) in [6.45, 7) is 6.60. The maximum Gasteiger partial charge on any atom is 0.308 e. The predicted octanol–water partition coefficient (Wildman–Crippen LogP) is -0.528. The van der Waals surface area contributed by atoms with Crippen LogP contribution in [0.1, 0.15) is 20.3 Å². The molecule has 2 rings (SSSR count). The molecule has 0 aromatic heterocycles. The summed E-state index contributed by atoms with van der Waals surface area (Å²) in [6.07, 6.45) is 0.599. The van der Waals surface area contributed by atoms with E-state index in [0.29, 0.717) is 39.1 Å². The highest BCUT2D eigenvalue weighted by Gasteiger charge is 2.37. The van der Waals surface area contributed by atoms with Crippen LogP contribution in [0.3, 0.4) is 0 Å². The Morgan fingerprint density at radius 1 is 1.05 bits per heavy atom.